The van der Waals surface area contributed by atoms with Crippen molar-refractivity contribution < 1.29 is 9.53 Å². The quantitative estimate of drug-likeness (QED) is 0.889. The minimum Gasteiger partial charge on any atom is -0.481 e. The zero-order chi connectivity index (χ0) is 15.4. The van der Waals surface area contributed by atoms with Crippen molar-refractivity contribution in [3.63, 3.8) is 0 Å². The summed E-state index contributed by atoms with van der Waals surface area (Å²) in [5.41, 5.74) is 1.42. The summed E-state index contributed by atoms with van der Waals surface area (Å²) in [6.45, 7) is 7.72. The highest BCUT2D eigenvalue weighted by atomic mass is 16.5. The van der Waals surface area contributed by atoms with Crippen molar-refractivity contribution >= 4 is 16.8 Å². The second kappa shape index (κ2) is 6.61. The Bertz CT molecular complexity index is 632. The van der Waals surface area contributed by atoms with E-state index in [1.165, 1.54) is 0 Å². The predicted molar refractivity (Wildman–Crippen MR) is 83.7 cm³/mol. The summed E-state index contributed by atoms with van der Waals surface area (Å²) in [7, 11) is 1.63. The van der Waals surface area contributed by atoms with E-state index in [9.17, 15) is 4.79 Å². The molecule has 0 saturated carbocycles. The summed E-state index contributed by atoms with van der Waals surface area (Å²) in [5.74, 6) is 1.26. The van der Waals surface area contributed by atoms with Crippen molar-refractivity contribution in [1.29, 1.82) is 0 Å². The lowest BCUT2D eigenvalue weighted by Crippen LogP contribution is -2.25. The Morgan fingerprint density at radius 3 is 2.81 bits per heavy atom. The third-order valence-corrected chi connectivity index (χ3v) is 3.45. The molecule has 1 amide bonds. The van der Waals surface area contributed by atoms with E-state index >= 15 is 0 Å². The van der Waals surface area contributed by atoms with Crippen LogP contribution in [-0.2, 0) is 6.54 Å². The van der Waals surface area contributed by atoms with Gasteiger partial charge < -0.3 is 10.1 Å². The average molecular weight is 289 g/mol. The van der Waals surface area contributed by atoms with Crippen LogP contribution >= 0.6 is 0 Å². The van der Waals surface area contributed by atoms with Gasteiger partial charge in [0.05, 0.1) is 18.0 Å². The van der Waals surface area contributed by atoms with Gasteiger partial charge >= 0.3 is 0 Å². The number of nitrogens with one attached hydrogen (secondary N) is 1. The number of methoxy groups -OCH3 is 1. The third kappa shape index (κ3) is 3.35. The monoisotopic (exact) mass is 289 g/mol. The molecule has 0 saturated heterocycles. The highest BCUT2D eigenvalue weighted by Crippen LogP contribution is 2.26. The molecule has 1 heterocycles. The number of ether oxygens (including phenoxy) is 1. The van der Waals surface area contributed by atoms with Gasteiger partial charge in [-0.05, 0) is 37.5 Å². The first-order valence-corrected chi connectivity index (χ1v) is 7.39. The first kappa shape index (κ1) is 15.4. The van der Waals surface area contributed by atoms with E-state index in [4.69, 9.17) is 4.74 Å². The number of nitrogens with zero attached hydrogens (tertiary/aromatic N) is 2. The SMILES string of the molecule is CCn1nc2cc(C(=O)NCCC(C)C)ccc2c1OC. The topological polar surface area (TPSA) is 56.2 Å². The number of benzene rings is 1. The molecular weight excluding hydrogens is 266 g/mol. The molecule has 21 heavy (non-hydrogen) atoms. The predicted octanol–water partition coefficient (Wildman–Crippen LogP) is 2.84. The second-order valence-electron chi connectivity index (χ2n) is 5.50. The molecule has 0 fully saturated rings. The van der Waals surface area contributed by atoms with Gasteiger partial charge in [0.15, 0.2) is 0 Å². The summed E-state index contributed by atoms with van der Waals surface area (Å²) in [6, 6.07) is 5.52. The molecule has 0 aliphatic heterocycles. The summed E-state index contributed by atoms with van der Waals surface area (Å²) in [5, 5.41) is 8.33. The number of hydrogen-bond donors (Lipinski definition) is 1. The van der Waals surface area contributed by atoms with Crippen molar-refractivity contribution in [2.45, 2.75) is 33.7 Å². The Kier molecular flexibility index (Phi) is 4.83. The number of carbonyl (C=O) groups is 1. The molecule has 0 aliphatic rings. The van der Waals surface area contributed by atoms with E-state index < -0.39 is 0 Å². The van der Waals surface area contributed by atoms with Crippen LogP contribution < -0.4 is 10.1 Å². The number of aryl methyl sites for hydroxylation is 1. The van der Waals surface area contributed by atoms with Crippen LogP contribution in [0.25, 0.3) is 10.9 Å². The minimum atomic E-state index is -0.0532. The third-order valence-electron chi connectivity index (χ3n) is 3.45. The van der Waals surface area contributed by atoms with Gasteiger partial charge in [-0.15, -0.1) is 0 Å². The van der Waals surface area contributed by atoms with Crippen molar-refractivity contribution in [3.8, 4) is 5.88 Å². The Hall–Kier alpha value is -2.04. The van der Waals surface area contributed by atoms with Gasteiger partial charge in [-0.1, -0.05) is 13.8 Å². The molecule has 1 aromatic carbocycles. The van der Waals surface area contributed by atoms with Gasteiger partial charge in [-0.25, -0.2) is 4.68 Å². The Morgan fingerprint density at radius 2 is 2.19 bits per heavy atom. The number of hydrogen-bond acceptors (Lipinski definition) is 3. The normalized spacial score (nSPS) is 11.1. The number of carbonyl (C=O) groups excluding carboxylic acids is 1. The molecule has 5 heteroatoms. The fourth-order valence-corrected chi connectivity index (χ4v) is 2.26. The molecule has 1 aromatic heterocycles. The van der Waals surface area contributed by atoms with Crippen LogP contribution in [0.4, 0.5) is 0 Å². The molecule has 0 spiro atoms. The summed E-state index contributed by atoms with van der Waals surface area (Å²) < 4.78 is 7.18. The summed E-state index contributed by atoms with van der Waals surface area (Å²) in [6.07, 6.45) is 0.978. The highest BCUT2D eigenvalue weighted by Gasteiger charge is 2.13. The molecule has 0 aliphatic carbocycles. The molecule has 0 atom stereocenters. The Labute approximate surface area is 125 Å². The molecule has 5 nitrogen and oxygen atoms in total. The average Bonchev–Trinajstić information content (AvgIpc) is 2.83. The zero-order valence-electron chi connectivity index (χ0n) is 13.1. The van der Waals surface area contributed by atoms with Crippen LogP contribution in [0, 0.1) is 5.92 Å². The maximum absolute atomic E-state index is 12.1. The van der Waals surface area contributed by atoms with Crippen molar-refractivity contribution in [1.82, 2.24) is 15.1 Å². The molecular formula is C16H23N3O2. The largest absolute Gasteiger partial charge is 0.481 e. The van der Waals surface area contributed by atoms with Crippen LogP contribution in [0.5, 0.6) is 5.88 Å². The summed E-state index contributed by atoms with van der Waals surface area (Å²) in [4.78, 5) is 12.1. The lowest BCUT2D eigenvalue weighted by molar-refractivity contribution is 0.0952. The maximum atomic E-state index is 12.1. The van der Waals surface area contributed by atoms with Gasteiger partial charge in [0.2, 0.25) is 5.88 Å². The molecule has 0 bridgehead atoms. The van der Waals surface area contributed by atoms with E-state index in [1.807, 2.05) is 25.1 Å². The van der Waals surface area contributed by atoms with E-state index in [2.05, 4.69) is 24.3 Å². The van der Waals surface area contributed by atoms with E-state index in [0.717, 1.165) is 29.7 Å². The van der Waals surface area contributed by atoms with Crippen molar-refractivity contribution in [3.05, 3.63) is 23.8 Å². The van der Waals surface area contributed by atoms with Crippen molar-refractivity contribution in [2.75, 3.05) is 13.7 Å². The van der Waals surface area contributed by atoms with Crippen molar-refractivity contribution in [2.24, 2.45) is 5.92 Å². The van der Waals surface area contributed by atoms with Crippen LogP contribution in [0.2, 0.25) is 0 Å². The van der Waals surface area contributed by atoms with Crippen LogP contribution in [-0.4, -0.2) is 29.3 Å². The summed E-state index contributed by atoms with van der Waals surface area (Å²) >= 11 is 0. The Morgan fingerprint density at radius 1 is 1.43 bits per heavy atom. The number of amides is 1. The first-order chi connectivity index (χ1) is 10.1. The number of fused-ring (bicyclic) bond motifs is 1. The van der Waals surface area contributed by atoms with Gasteiger partial charge in [0.1, 0.15) is 0 Å². The Balaban J connectivity index is 2.20. The van der Waals surface area contributed by atoms with Crippen LogP contribution in [0.1, 0.15) is 37.6 Å². The zero-order valence-corrected chi connectivity index (χ0v) is 13.1. The first-order valence-electron chi connectivity index (χ1n) is 7.39. The van der Waals surface area contributed by atoms with E-state index in [0.29, 0.717) is 18.0 Å². The smallest absolute Gasteiger partial charge is 0.251 e. The maximum Gasteiger partial charge on any atom is 0.251 e. The minimum absolute atomic E-state index is 0.0532. The second-order valence-corrected chi connectivity index (χ2v) is 5.50. The highest BCUT2D eigenvalue weighted by molar-refractivity contribution is 5.98. The lowest BCUT2D eigenvalue weighted by atomic mass is 10.1. The lowest BCUT2D eigenvalue weighted by Gasteiger charge is -2.07. The van der Waals surface area contributed by atoms with Gasteiger partial charge in [-0.2, -0.15) is 5.10 Å². The van der Waals surface area contributed by atoms with Crippen LogP contribution in [0.15, 0.2) is 18.2 Å². The van der Waals surface area contributed by atoms with E-state index in [1.54, 1.807) is 11.8 Å². The van der Waals surface area contributed by atoms with Gasteiger partial charge in [0.25, 0.3) is 5.91 Å². The number of rotatable bonds is 6. The molecule has 0 unspecified atom stereocenters. The standard InChI is InChI=1S/C16H23N3O2/c1-5-19-16(21-4)13-7-6-12(10-14(13)18-19)15(20)17-9-8-11(2)3/h6-7,10-11H,5,8-9H2,1-4H3,(H,17,20). The molecule has 114 valence electrons. The molecule has 2 rings (SSSR count). The van der Waals surface area contributed by atoms with Gasteiger partial charge in [-0.3, -0.25) is 4.79 Å². The fraction of sp³-hybridized carbons (Fsp3) is 0.500. The van der Waals surface area contributed by atoms with Gasteiger partial charge in [0, 0.05) is 18.7 Å². The molecule has 0 radical (unpaired) electrons. The van der Waals surface area contributed by atoms with Crippen LogP contribution in [0.3, 0.4) is 0 Å². The molecule has 2 aromatic rings. The molecule has 1 N–H and O–H groups in total. The fourth-order valence-electron chi connectivity index (χ4n) is 2.26. The van der Waals surface area contributed by atoms with E-state index in [-0.39, 0.29) is 5.91 Å². The number of aromatic nitrogens is 2.